The summed E-state index contributed by atoms with van der Waals surface area (Å²) in [5.41, 5.74) is 1.15. The Morgan fingerprint density at radius 2 is 2.08 bits per heavy atom. The minimum absolute atomic E-state index is 0.239. The first-order chi connectivity index (χ1) is 11.6. The number of rotatable bonds is 5. The van der Waals surface area contributed by atoms with Gasteiger partial charge in [-0.15, -0.1) is 11.3 Å². The van der Waals surface area contributed by atoms with Crippen LogP contribution in [0.5, 0.6) is 0 Å². The van der Waals surface area contributed by atoms with Crippen LogP contribution < -0.4 is 5.32 Å². The zero-order chi connectivity index (χ0) is 16.9. The summed E-state index contributed by atoms with van der Waals surface area (Å²) >= 11 is 7.33. The number of carbonyl (C=O) groups excluding carboxylic acids is 1. The largest absolute Gasteiger partial charge is 0.462 e. The van der Waals surface area contributed by atoms with Gasteiger partial charge in [-0.1, -0.05) is 23.7 Å². The smallest absolute Gasteiger partial charge is 0.250 e. The number of aryl methyl sites for hydroxylation is 1. The fourth-order valence-electron chi connectivity index (χ4n) is 2.10. The summed E-state index contributed by atoms with van der Waals surface area (Å²) in [6.07, 6.45) is 5.59. The summed E-state index contributed by atoms with van der Waals surface area (Å²) < 4.78 is 5.37. The van der Waals surface area contributed by atoms with Crippen molar-refractivity contribution in [2.24, 2.45) is 0 Å². The molecule has 0 aliphatic rings. The lowest BCUT2D eigenvalue weighted by Crippen LogP contribution is -2.06. The van der Waals surface area contributed by atoms with Gasteiger partial charge < -0.3 is 4.42 Å². The SMILES string of the molecule is Cc1ccc(/C=C/C(=O)Nc2ncc(Cc3ccc(Cl)cc3)s2)o1. The molecule has 24 heavy (non-hydrogen) atoms. The Hall–Kier alpha value is -2.37. The van der Waals surface area contributed by atoms with Crippen molar-refractivity contribution in [2.75, 3.05) is 5.32 Å². The molecule has 4 nitrogen and oxygen atoms in total. The molecule has 0 aliphatic heterocycles. The fraction of sp³-hybridized carbons (Fsp3) is 0.111. The number of hydrogen-bond donors (Lipinski definition) is 1. The van der Waals surface area contributed by atoms with E-state index < -0.39 is 0 Å². The molecule has 1 amide bonds. The Balaban J connectivity index is 1.58. The van der Waals surface area contributed by atoms with Gasteiger partial charge in [-0.3, -0.25) is 10.1 Å². The molecule has 0 atom stereocenters. The third-order valence-corrected chi connectivity index (χ3v) is 4.40. The molecule has 1 aromatic carbocycles. The van der Waals surface area contributed by atoms with E-state index in [1.54, 1.807) is 12.3 Å². The van der Waals surface area contributed by atoms with E-state index in [9.17, 15) is 4.79 Å². The molecule has 2 aromatic heterocycles. The highest BCUT2D eigenvalue weighted by molar-refractivity contribution is 7.15. The lowest BCUT2D eigenvalue weighted by Gasteiger charge is -1.98. The van der Waals surface area contributed by atoms with E-state index in [-0.39, 0.29) is 5.91 Å². The maximum Gasteiger partial charge on any atom is 0.250 e. The Morgan fingerprint density at radius 3 is 2.79 bits per heavy atom. The van der Waals surface area contributed by atoms with Gasteiger partial charge in [0.05, 0.1) is 0 Å². The van der Waals surface area contributed by atoms with Crippen LogP contribution in [-0.4, -0.2) is 10.9 Å². The van der Waals surface area contributed by atoms with E-state index in [0.717, 1.165) is 27.6 Å². The second-order valence-electron chi connectivity index (χ2n) is 5.21. The summed E-state index contributed by atoms with van der Waals surface area (Å²) in [6, 6.07) is 11.3. The van der Waals surface area contributed by atoms with Gasteiger partial charge in [0.2, 0.25) is 5.91 Å². The second kappa shape index (κ2) is 7.47. The van der Waals surface area contributed by atoms with Crippen LogP contribution >= 0.6 is 22.9 Å². The quantitative estimate of drug-likeness (QED) is 0.657. The van der Waals surface area contributed by atoms with E-state index in [1.807, 2.05) is 43.3 Å². The van der Waals surface area contributed by atoms with Crippen molar-refractivity contribution >= 4 is 40.1 Å². The van der Waals surface area contributed by atoms with Crippen molar-refractivity contribution in [3.63, 3.8) is 0 Å². The average molecular weight is 359 g/mol. The highest BCUT2D eigenvalue weighted by Crippen LogP contribution is 2.22. The first kappa shape index (κ1) is 16.5. The van der Waals surface area contributed by atoms with Gasteiger partial charge in [-0.2, -0.15) is 0 Å². The third kappa shape index (κ3) is 4.57. The Kier molecular flexibility index (Phi) is 5.13. The molecule has 3 rings (SSSR count). The first-order valence-corrected chi connectivity index (χ1v) is 8.52. The normalized spacial score (nSPS) is 11.1. The molecule has 3 aromatic rings. The number of carbonyl (C=O) groups is 1. The van der Waals surface area contributed by atoms with Gasteiger partial charge in [0.15, 0.2) is 5.13 Å². The lowest BCUT2D eigenvalue weighted by atomic mass is 10.1. The minimum Gasteiger partial charge on any atom is -0.462 e. The van der Waals surface area contributed by atoms with Gasteiger partial charge in [0.1, 0.15) is 11.5 Å². The molecular weight excluding hydrogens is 344 g/mol. The maximum atomic E-state index is 11.9. The Morgan fingerprint density at radius 1 is 1.29 bits per heavy atom. The number of nitrogens with zero attached hydrogens (tertiary/aromatic N) is 1. The van der Waals surface area contributed by atoms with E-state index in [1.165, 1.54) is 17.4 Å². The second-order valence-corrected chi connectivity index (χ2v) is 6.76. The molecule has 0 saturated heterocycles. The summed E-state index contributed by atoms with van der Waals surface area (Å²) in [5, 5.41) is 4.04. The molecule has 1 N–H and O–H groups in total. The number of furan rings is 1. The van der Waals surface area contributed by atoms with Crippen molar-refractivity contribution in [3.8, 4) is 0 Å². The summed E-state index contributed by atoms with van der Waals surface area (Å²) in [5.74, 6) is 1.21. The van der Waals surface area contributed by atoms with Crippen LogP contribution in [0.25, 0.3) is 6.08 Å². The predicted octanol–water partition coefficient (Wildman–Crippen LogP) is 4.94. The van der Waals surface area contributed by atoms with Crippen molar-refractivity contribution < 1.29 is 9.21 Å². The summed E-state index contributed by atoms with van der Waals surface area (Å²) in [7, 11) is 0. The molecule has 0 radical (unpaired) electrons. The van der Waals surface area contributed by atoms with Gasteiger partial charge in [0.25, 0.3) is 0 Å². The van der Waals surface area contributed by atoms with E-state index in [0.29, 0.717) is 10.9 Å². The van der Waals surface area contributed by atoms with Crippen molar-refractivity contribution in [1.82, 2.24) is 4.98 Å². The van der Waals surface area contributed by atoms with Gasteiger partial charge >= 0.3 is 0 Å². The maximum absolute atomic E-state index is 11.9. The molecule has 122 valence electrons. The third-order valence-electron chi connectivity index (χ3n) is 3.24. The van der Waals surface area contributed by atoms with Gasteiger partial charge in [-0.05, 0) is 42.8 Å². The van der Waals surface area contributed by atoms with E-state index in [2.05, 4.69) is 10.3 Å². The molecule has 2 heterocycles. The zero-order valence-corrected chi connectivity index (χ0v) is 14.5. The van der Waals surface area contributed by atoms with Gasteiger partial charge in [0, 0.05) is 28.6 Å². The number of anilines is 1. The molecule has 0 saturated carbocycles. The number of aromatic nitrogens is 1. The fourth-order valence-corrected chi connectivity index (χ4v) is 3.07. The van der Waals surface area contributed by atoms with Crippen molar-refractivity contribution in [2.45, 2.75) is 13.3 Å². The van der Waals surface area contributed by atoms with Crippen LogP contribution in [0.15, 0.2) is 53.1 Å². The van der Waals surface area contributed by atoms with Crippen LogP contribution in [0.3, 0.4) is 0 Å². The highest BCUT2D eigenvalue weighted by atomic mass is 35.5. The monoisotopic (exact) mass is 358 g/mol. The number of nitrogens with one attached hydrogen (secondary N) is 1. The molecular formula is C18H15ClN2O2S. The number of thiazole rings is 1. The number of halogens is 1. The predicted molar refractivity (Wildman–Crippen MR) is 97.5 cm³/mol. The van der Waals surface area contributed by atoms with Crippen LogP contribution in [0, 0.1) is 6.92 Å². The Labute approximate surface area is 148 Å². The average Bonchev–Trinajstić information content (AvgIpc) is 3.17. The van der Waals surface area contributed by atoms with Crippen LogP contribution in [0.4, 0.5) is 5.13 Å². The molecule has 0 unspecified atom stereocenters. The molecule has 0 aliphatic carbocycles. The molecule has 0 fully saturated rings. The molecule has 0 spiro atoms. The van der Waals surface area contributed by atoms with E-state index in [4.69, 9.17) is 16.0 Å². The number of benzene rings is 1. The van der Waals surface area contributed by atoms with Crippen LogP contribution in [-0.2, 0) is 11.2 Å². The van der Waals surface area contributed by atoms with E-state index >= 15 is 0 Å². The van der Waals surface area contributed by atoms with Gasteiger partial charge in [-0.25, -0.2) is 4.98 Å². The van der Waals surface area contributed by atoms with Crippen molar-refractivity contribution in [3.05, 3.63) is 75.7 Å². The molecule has 0 bridgehead atoms. The standard InChI is InChI=1S/C18H15ClN2O2S/c1-12-2-7-15(23-12)8-9-17(22)21-18-20-11-16(24-18)10-13-3-5-14(19)6-4-13/h2-9,11H,10H2,1H3,(H,20,21,22)/b9-8+. The lowest BCUT2D eigenvalue weighted by molar-refractivity contribution is -0.111. The summed E-state index contributed by atoms with van der Waals surface area (Å²) in [6.45, 7) is 1.86. The first-order valence-electron chi connectivity index (χ1n) is 7.33. The van der Waals surface area contributed by atoms with Crippen LogP contribution in [0.1, 0.15) is 22.0 Å². The topological polar surface area (TPSA) is 55.1 Å². The van der Waals surface area contributed by atoms with Crippen LogP contribution in [0.2, 0.25) is 5.02 Å². The number of hydrogen-bond acceptors (Lipinski definition) is 4. The Bertz CT molecular complexity index is 865. The summed E-state index contributed by atoms with van der Waals surface area (Å²) in [4.78, 5) is 17.2. The minimum atomic E-state index is -0.239. The molecule has 6 heteroatoms. The zero-order valence-electron chi connectivity index (χ0n) is 13.0. The van der Waals surface area contributed by atoms with Crippen molar-refractivity contribution in [1.29, 1.82) is 0 Å². The number of amides is 1. The highest BCUT2D eigenvalue weighted by Gasteiger charge is 2.06.